The van der Waals surface area contributed by atoms with Gasteiger partial charge in [-0.15, -0.1) is 0 Å². The maximum atomic E-state index is 2.46. The molecule has 104 heavy (non-hydrogen) atoms. The third kappa shape index (κ3) is 24.4. The summed E-state index contributed by atoms with van der Waals surface area (Å²) in [6.45, 7) is 84.4. The van der Waals surface area contributed by atoms with Crippen LogP contribution in [0.15, 0.2) is 146 Å². The number of hydrogen-bond acceptors (Lipinski definition) is 4. The molecule has 0 aliphatic heterocycles. The Morgan fingerprint density at radius 3 is 0.663 bits per heavy atom. The molecule has 0 bridgehead atoms. The highest BCUT2D eigenvalue weighted by Crippen LogP contribution is 2.35. The third-order valence-electron chi connectivity index (χ3n) is 18.8. The van der Waals surface area contributed by atoms with Gasteiger partial charge in [-0.3, -0.25) is 19.6 Å². The molecule has 0 amide bonds. The Kier molecular flexibility index (Phi) is 47.3. The molecule has 4 aromatic heterocycles. The Balaban J connectivity index is 0.000000650. The highest BCUT2D eigenvalue weighted by Gasteiger charge is 2.16. The van der Waals surface area contributed by atoms with Gasteiger partial charge in [0.05, 0.1) is 0 Å². The number of aromatic nitrogens is 4. The van der Waals surface area contributed by atoms with Crippen molar-refractivity contribution in [3.8, 4) is 0 Å². The zero-order valence-electron chi connectivity index (χ0n) is 72.7. The molecule has 576 valence electrons. The van der Waals surface area contributed by atoms with Crippen LogP contribution in [0.25, 0.3) is 87.2 Å². The Hall–Kier alpha value is -7.20. The average molecular weight is 1420 g/mol. The Morgan fingerprint density at radius 1 is 0.192 bits per heavy atom. The summed E-state index contributed by atoms with van der Waals surface area (Å²) in [6, 6.07) is 55.1. The number of aryl methyl sites for hydroxylation is 8. The van der Waals surface area contributed by atoms with Crippen molar-refractivity contribution in [2.45, 2.75) is 274 Å². The number of benzene rings is 8. The van der Waals surface area contributed by atoms with Crippen LogP contribution in [0.3, 0.4) is 0 Å². The van der Waals surface area contributed by atoms with E-state index in [1.54, 1.807) is 0 Å². The zero-order valence-corrected chi connectivity index (χ0v) is 72.7. The van der Waals surface area contributed by atoms with E-state index in [4.69, 9.17) is 0 Å². The second kappa shape index (κ2) is 51.9. The molecule has 0 atom stereocenters. The van der Waals surface area contributed by atoms with Crippen molar-refractivity contribution in [3.05, 3.63) is 190 Å². The number of hydrogen-bond donors (Lipinski definition) is 0. The van der Waals surface area contributed by atoms with Crippen LogP contribution < -0.4 is 0 Å². The normalized spacial score (nSPS) is 10.5. The van der Waals surface area contributed by atoms with Gasteiger partial charge >= 0.3 is 0 Å². The van der Waals surface area contributed by atoms with E-state index in [1.807, 2.05) is 111 Å². The van der Waals surface area contributed by atoms with E-state index in [1.165, 1.54) is 132 Å². The van der Waals surface area contributed by atoms with Gasteiger partial charge in [-0.1, -0.05) is 250 Å². The molecule has 4 heterocycles. The van der Waals surface area contributed by atoms with E-state index in [2.05, 4.69) is 294 Å². The van der Waals surface area contributed by atoms with Crippen molar-refractivity contribution in [1.29, 1.82) is 0 Å². The molecular formula is C96H152N8. The Morgan fingerprint density at radius 2 is 0.375 bits per heavy atom. The summed E-state index contributed by atoms with van der Waals surface area (Å²) in [5.74, 6) is 0. The zero-order chi connectivity index (χ0) is 78.8. The lowest BCUT2D eigenvalue weighted by atomic mass is 10.1. The van der Waals surface area contributed by atoms with Crippen molar-refractivity contribution in [2.75, 3.05) is 52.4 Å². The fraction of sp³-hybridized carbons (Fsp3) is 0.500. The summed E-state index contributed by atoms with van der Waals surface area (Å²) in [5, 5.41) is 11.1. The Bertz CT molecular complexity index is 4240. The van der Waals surface area contributed by atoms with Gasteiger partial charge in [0.25, 0.3) is 0 Å². The summed E-state index contributed by atoms with van der Waals surface area (Å²) < 4.78 is 9.74. The molecule has 0 aliphatic carbocycles. The van der Waals surface area contributed by atoms with Crippen molar-refractivity contribution >= 4 is 87.2 Å². The van der Waals surface area contributed by atoms with Gasteiger partial charge in [-0.05, 0) is 214 Å². The van der Waals surface area contributed by atoms with Gasteiger partial charge in [-0.25, -0.2) is 0 Å². The quantitative estimate of drug-likeness (QED) is 0.0761. The largest absolute Gasteiger partial charge is 0.341 e. The second-order valence-electron chi connectivity index (χ2n) is 24.3. The van der Waals surface area contributed by atoms with Gasteiger partial charge in [0.15, 0.2) is 0 Å². The van der Waals surface area contributed by atoms with Gasteiger partial charge in [0, 0.05) is 140 Å². The number of nitrogens with zero attached hydrogens (tertiary/aromatic N) is 8. The molecule has 8 aromatic carbocycles. The predicted molar refractivity (Wildman–Crippen MR) is 477 cm³/mol. The summed E-state index contributed by atoms with van der Waals surface area (Å²) in [5.41, 5.74) is 21.8. The standard InChI is InChI=1S/4C20H26N2.8C2H6/c1-5-21(6-2)14-16-9-10-17-18-12-15(4)8-11-19(18)22(7-3)20(17)13-16;1-5-21(6-2)14-16-9-11-20-18(13-16)17-12-15(4)8-10-19(17)22(20)7-3;1-5-21(6-2)14-16-9-11-19-18(13-16)17-10-8-15(4)12-20(17)22(19)7-3;1-5-21(6-2)14-16-9-11-18-17-10-8-15(4)12-19(17)22(7-3)20(18)13-16;8*1-2/h4*8-13H,5-7,14H2,1-4H3;8*1-2H3. The first-order valence-corrected chi connectivity index (χ1v) is 41.7. The maximum absolute atomic E-state index is 2.46. The lowest BCUT2D eigenvalue weighted by Gasteiger charge is -2.18. The SMILES string of the molecule is CC.CC.CC.CC.CC.CC.CC.CC.CCN(CC)Cc1ccc2c(c1)c1cc(C)ccc1n2CC.CCN(CC)Cc1ccc2c(c1)c1ccc(C)cc1n2CC.CCN(CC)Cc1ccc2c3cc(C)ccc3n(CC)c2c1.CCN(CC)Cc1ccc2c3ccc(C)cc3n(CC)c2c1. The molecule has 0 unspecified atom stereocenters. The highest BCUT2D eigenvalue weighted by atomic mass is 15.1. The minimum Gasteiger partial charge on any atom is -0.341 e. The molecule has 8 heteroatoms. The first-order valence-electron chi connectivity index (χ1n) is 41.7. The van der Waals surface area contributed by atoms with Crippen LogP contribution in [-0.4, -0.2) is 90.2 Å². The molecule has 0 spiro atoms. The molecule has 0 radical (unpaired) electrons. The maximum Gasteiger partial charge on any atom is 0.0494 e. The van der Waals surface area contributed by atoms with Crippen LogP contribution in [0.2, 0.25) is 0 Å². The number of rotatable bonds is 20. The molecule has 0 N–H and O–H groups in total. The van der Waals surface area contributed by atoms with E-state index in [-0.39, 0.29) is 0 Å². The van der Waals surface area contributed by atoms with E-state index in [0.717, 1.165) is 105 Å². The van der Waals surface area contributed by atoms with Crippen molar-refractivity contribution in [2.24, 2.45) is 0 Å². The van der Waals surface area contributed by atoms with Gasteiger partial charge in [0.2, 0.25) is 0 Å². The minimum atomic E-state index is 1.01. The van der Waals surface area contributed by atoms with Gasteiger partial charge in [0.1, 0.15) is 0 Å². The smallest absolute Gasteiger partial charge is 0.0494 e. The first kappa shape index (κ1) is 94.8. The monoisotopic (exact) mass is 1420 g/mol. The number of fused-ring (bicyclic) bond motifs is 12. The van der Waals surface area contributed by atoms with Crippen LogP contribution >= 0.6 is 0 Å². The third-order valence-corrected chi connectivity index (χ3v) is 18.8. The molecule has 0 saturated carbocycles. The van der Waals surface area contributed by atoms with E-state index in [9.17, 15) is 0 Å². The lowest BCUT2D eigenvalue weighted by Crippen LogP contribution is -2.22. The Labute approximate surface area is 637 Å². The molecule has 12 aromatic rings. The highest BCUT2D eigenvalue weighted by molar-refractivity contribution is 6.11. The molecule has 0 aliphatic rings. The fourth-order valence-corrected chi connectivity index (χ4v) is 13.6. The van der Waals surface area contributed by atoms with Crippen molar-refractivity contribution < 1.29 is 0 Å². The van der Waals surface area contributed by atoms with Gasteiger partial charge in [-0.2, -0.15) is 0 Å². The van der Waals surface area contributed by atoms with E-state index >= 15 is 0 Å². The summed E-state index contributed by atoms with van der Waals surface area (Å²) in [7, 11) is 0. The van der Waals surface area contributed by atoms with Gasteiger partial charge < -0.3 is 18.3 Å². The predicted octanol–water partition coefficient (Wildman–Crippen LogP) is 28.1. The molecular weight excluding hydrogens is 1270 g/mol. The fourth-order valence-electron chi connectivity index (χ4n) is 13.6. The molecule has 0 saturated heterocycles. The topological polar surface area (TPSA) is 32.7 Å². The van der Waals surface area contributed by atoms with E-state index < -0.39 is 0 Å². The lowest BCUT2D eigenvalue weighted by molar-refractivity contribution is 0.296. The van der Waals surface area contributed by atoms with Crippen molar-refractivity contribution in [1.82, 2.24) is 37.9 Å². The van der Waals surface area contributed by atoms with Crippen LogP contribution in [0, 0.1) is 27.7 Å². The first-order chi connectivity index (χ1) is 50.7. The van der Waals surface area contributed by atoms with Crippen LogP contribution in [0.4, 0.5) is 0 Å². The molecule has 8 nitrogen and oxygen atoms in total. The summed E-state index contributed by atoms with van der Waals surface area (Å²) >= 11 is 0. The van der Waals surface area contributed by atoms with Crippen LogP contribution in [-0.2, 0) is 52.4 Å². The minimum absolute atomic E-state index is 1.01. The van der Waals surface area contributed by atoms with Crippen molar-refractivity contribution in [3.63, 3.8) is 0 Å². The second-order valence-corrected chi connectivity index (χ2v) is 24.3. The summed E-state index contributed by atoms with van der Waals surface area (Å²) in [6.07, 6.45) is 0. The van der Waals surface area contributed by atoms with Crippen LogP contribution in [0.5, 0.6) is 0 Å². The van der Waals surface area contributed by atoms with E-state index in [0.29, 0.717) is 0 Å². The summed E-state index contributed by atoms with van der Waals surface area (Å²) in [4.78, 5) is 9.85. The average Bonchev–Trinajstić information content (AvgIpc) is 1.64. The van der Waals surface area contributed by atoms with Crippen LogP contribution in [0.1, 0.15) is 238 Å². The molecule has 12 rings (SSSR count). The molecule has 0 fully saturated rings.